The smallest absolute Gasteiger partial charge is 0.198 e. The summed E-state index contributed by atoms with van der Waals surface area (Å²) < 4.78 is 49.7. The van der Waals surface area contributed by atoms with Crippen LogP contribution >= 0.6 is 15.9 Å². The molecule has 1 aromatic carbocycles. The van der Waals surface area contributed by atoms with Crippen LogP contribution in [0.4, 0.5) is 17.6 Å². The third-order valence-electron chi connectivity index (χ3n) is 1.43. The molecule has 1 rings (SSSR count). The molecule has 1 aromatic rings. The van der Waals surface area contributed by atoms with Gasteiger partial charge in [0.05, 0.1) is 4.47 Å². The second-order valence-electron chi connectivity index (χ2n) is 2.19. The van der Waals surface area contributed by atoms with Crippen LogP contribution in [-0.4, -0.2) is 0 Å². The lowest BCUT2D eigenvalue weighted by molar-refractivity contribution is 0.403. The van der Waals surface area contributed by atoms with Gasteiger partial charge in [0.25, 0.3) is 0 Å². The first kappa shape index (κ1) is 13.4. The first-order chi connectivity index (χ1) is 6.46. The molecular formula is C9H9BrF4. The van der Waals surface area contributed by atoms with Crippen molar-refractivity contribution in [3.05, 3.63) is 33.3 Å². The van der Waals surface area contributed by atoms with Crippen LogP contribution in [0.1, 0.15) is 19.4 Å². The molecule has 14 heavy (non-hydrogen) atoms. The zero-order chi connectivity index (χ0) is 11.5. The van der Waals surface area contributed by atoms with Crippen LogP contribution in [0.3, 0.4) is 0 Å². The van der Waals surface area contributed by atoms with Crippen LogP contribution in [0.15, 0.2) is 4.47 Å². The van der Waals surface area contributed by atoms with Gasteiger partial charge in [0.15, 0.2) is 23.3 Å². The Morgan fingerprint density at radius 1 is 0.786 bits per heavy atom. The molecule has 0 amide bonds. The van der Waals surface area contributed by atoms with Crippen molar-refractivity contribution < 1.29 is 17.6 Å². The predicted molar refractivity (Wildman–Crippen MR) is 50.1 cm³/mol. The van der Waals surface area contributed by atoms with Crippen LogP contribution in [-0.2, 0) is 0 Å². The molecule has 0 aromatic heterocycles. The molecule has 0 bridgehead atoms. The molecule has 0 saturated carbocycles. The van der Waals surface area contributed by atoms with Crippen molar-refractivity contribution in [3.8, 4) is 0 Å². The summed E-state index contributed by atoms with van der Waals surface area (Å²) in [4.78, 5) is 0. The molecule has 0 aliphatic rings. The van der Waals surface area contributed by atoms with Crippen LogP contribution in [0.2, 0.25) is 0 Å². The summed E-state index contributed by atoms with van der Waals surface area (Å²) in [6, 6.07) is 0. The highest BCUT2D eigenvalue weighted by atomic mass is 79.9. The first-order valence-electron chi connectivity index (χ1n) is 3.94. The van der Waals surface area contributed by atoms with E-state index in [9.17, 15) is 17.6 Å². The predicted octanol–water partition coefficient (Wildman–Crippen LogP) is 4.34. The summed E-state index contributed by atoms with van der Waals surface area (Å²) in [5.41, 5.74) is -0.286. The number of halogens is 5. The number of hydrogen-bond donors (Lipinski definition) is 0. The van der Waals surface area contributed by atoms with E-state index in [1.807, 2.05) is 13.8 Å². The van der Waals surface area contributed by atoms with E-state index < -0.39 is 23.3 Å². The Morgan fingerprint density at radius 2 is 1.14 bits per heavy atom. The maximum atomic E-state index is 12.6. The van der Waals surface area contributed by atoms with Gasteiger partial charge >= 0.3 is 0 Å². The summed E-state index contributed by atoms with van der Waals surface area (Å²) in [5.74, 6) is -6.37. The van der Waals surface area contributed by atoms with Crippen molar-refractivity contribution in [1.29, 1.82) is 0 Å². The minimum Gasteiger partial charge on any atom is -0.203 e. The van der Waals surface area contributed by atoms with E-state index in [2.05, 4.69) is 15.9 Å². The largest absolute Gasteiger partial charge is 0.203 e. The summed E-state index contributed by atoms with van der Waals surface area (Å²) in [6.07, 6.45) is 0. The quantitative estimate of drug-likeness (QED) is 0.374. The Labute approximate surface area is 88.1 Å². The molecule has 0 radical (unpaired) electrons. The lowest BCUT2D eigenvalue weighted by Gasteiger charge is -2.03. The fourth-order valence-corrected chi connectivity index (χ4v) is 1.06. The minimum absolute atomic E-state index is 0.286. The Balaban J connectivity index is 0.000000791. The van der Waals surface area contributed by atoms with E-state index in [1.54, 1.807) is 0 Å². The van der Waals surface area contributed by atoms with Gasteiger partial charge in [-0.05, 0) is 22.9 Å². The van der Waals surface area contributed by atoms with Crippen LogP contribution in [0.5, 0.6) is 0 Å². The molecule has 0 heterocycles. The molecule has 0 aliphatic heterocycles. The Morgan fingerprint density at radius 3 is 1.57 bits per heavy atom. The molecule has 0 spiro atoms. The fraction of sp³-hybridized carbons (Fsp3) is 0.333. The number of hydrogen-bond acceptors (Lipinski definition) is 0. The standard InChI is InChI=1S/C7H3BrF4.C2H6/c1-2-3(8)5(10)7(12)6(11)4(2)9;1-2/h1H3;1-2H3. The molecule has 0 unspecified atom stereocenters. The van der Waals surface area contributed by atoms with E-state index in [4.69, 9.17) is 0 Å². The Bertz CT molecular complexity index is 231. The van der Waals surface area contributed by atoms with Gasteiger partial charge in [0.2, 0.25) is 0 Å². The van der Waals surface area contributed by atoms with E-state index in [0.29, 0.717) is 0 Å². The molecule has 0 nitrogen and oxygen atoms in total. The zero-order valence-corrected chi connectivity index (χ0v) is 9.48. The summed E-state index contributed by atoms with van der Waals surface area (Å²) in [7, 11) is 0. The van der Waals surface area contributed by atoms with Crippen molar-refractivity contribution in [3.63, 3.8) is 0 Å². The lowest BCUT2D eigenvalue weighted by atomic mass is 10.2. The highest BCUT2D eigenvalue weighted by Crippen LogP contribution is 2.27. The van der Waals surface area contributed by atoms with Crippen LogP contribution in [0.25, 0.3) is 0 Å². The zero-order valence-electron chi connectivity index (χ0n) is 7.89. The van der Waals surface area contributed by atoms with Crippen molar-refractivity contribution in [2.45, 2.75) is 20.8 Å². The summed E-state index contributed by atoms with van der Waals surface area (Å²) in [5, 5.41) is 0. The van der Waals surface area contributed by atoms with Crippen molar-refractivity contribution >= 4 is 15.9 Å². The monoisotopic (exact) mass is 272 g/mol. The summed E-state index contributed by atoms with van der Waals surface area (Å²) >= 11 is 2.59. The molecule has 5 heteroatoms. The first-order valence-corrected chi connectivity index (χ1v) is 4.74. The van der Waals surface area contributed by atoms with Gasteiger partial charge in [-0.25, -0.2) is 17.6 Å². The SMILES string of the molecule is CC.Cc1c(F)c(F)c(F)c(F)c1Br. The number of benzene rings is 1. The maximum absolute atomic E-state index is 12.6. The second kappa shape index (κ2) is 5.34. The third kappa shape index (κ3) is 2.26. The molecule has 0 fully saturated rings. The van der Waals surface area contributed by atoms with E-state index in [1.165, 1.54) is 0 Å². The Kier molecular flexibility index (Phi) is 5.12. The van der Waals surface area contributed by atoms with Crippen molar-refractivity contribution in [1.82, 2.24) is 0 Å². The topological polar surface area (TPSA) is 0 Å². The number of rotatable bonds is 0. The van der Waals surface area contributed by atoms with Crippen LogP contribution in [0, 0.1) is 30.2 Å². The van der Waals surface area contributed by atoms with Gasteiger partial charge in [-0.1, -0.05) is 13.8 Å². The van der Waals surface area contributed by atoms with Gasteiger partial charge < -0.3 is 0 Å². The molecule has 0 saturated heterocycles. The maximum Gasteiger partial charge on any atom is 0.198 e. The van der Waals surface area contributed by atoms with Crippen molar-refractivity contribution in [2.75, 3.05) is 0 Å². The van der Waals surface area contributed by atoms with Crippen LogP contribution < -0.4 is 0 Å². The van der Waals surface area contributed by atoms with E-state index in [-0.39, 0.29) is 10.0 Å². The van der Waals surface area contributed by atoms with E-state index in [0.717, 1.165) is 6.92 Å². The third-order valence-corrected chi connectivity index (χ3v) is 2.37. The normalized spacial score (nSPS) is 9.43. The van der Waals surface area contributed by atoms with Gasteiger partial charge in [-0.15, -0.1) is 0 Å². The Hall–Kier alpha value is -0.580. The highest BCUT2D eigenvalue weighted by Gasteiger charge is 2.20. The second-order valence-corrected chi connectivity index (χ2v) is 2.99. The van der Waals surface area contributed by atoms with Gasteiger partial charge in [0, 0.05) is 5.56 Å². The molecule has 0 N–H and O–H groups in total. The van der Waals surface area contributed by atoms with E-state index >= 15 is 0 Å². The molecular weight excluding hydrogens is 264 g/mol. The average molecular weight is 273 g/mol. The van der Waals surface area contributed by atoms with Crippen molar-refractivity contribution in [2.24, 2.45) is 0 Å². The molecule has 0 aliphatic carbocycles. The van der Waals surface area contributed by atoms with Gasteiger partial charge in [-0.3, -0.25) is 0 Å². The minimum atomic E-state index is -1.80. The molecule has 80 valence electrons. The fourth-order valence-electron chi connectivity index (χ4n) is 0.715. The average Bonchev–Trinajstić information content (AvgIpc) is 2.24. The van der Waals surface area contributed by atoms with Gasteiger partial charge in [0.1, 0.15) is 0 Å². The highest BCUT2D eigenvalue weighted by molar-refractivity contribution is 9.10. The molecule has 0 atom stereocenters. The lowest BCUT2D eigenvalue weighted by Crippen LogP contribution is -2.00. The summed E-state index contributed by atoms with van der Waals surface area (Å²) in [6.45, 7) is 5.14. The van der Waals surface area contributed by atoms with Gasteiger partial charge in [-0.2, -0.15) is 0 Å².